The van der Waals surface area contributed by atoms with E-state index < -0.39 is 5.82 Å². The number of hydrogen-bond acceptors (Lipinski definition) is 5. The van der Waals surface area contributed by atoms with Crippen LogP contribution in [0.15, 0.2) is 59.9 Å². The number of rotatable bonds is 5. The molecule has 29 heavy (non-hydrogen) atoms. The Balaban J connectivity index is 1.37. The van der Waals surface area contributed by atoms with Crippen LogP contribution in [0, 0.1) is 5.82 Å². The minimum absolute atomic E-state index is 0.0328. The van der Waals surface area contributed by atoms with Crippen molar-refractivity contribution in [3.63, 3.8) is 0 Å². The molecule has 0 unspecified atom stereocenters. The van der Waals surface area contributed by atoms with E-state index in [0.717, 1.165) is 25.3 Å². The van der Waals surface area contributed by atoms with Crippen LogP contribution in [-0.4, -0.2) is 28.2 Å². The lowest BCUT2D eigenvalue weighted by molar-refractivity contribution is -0.113. The Bertz CT molecular complexity index is 1050. The molecule has 1 aliphatic heterocycles. The summed E-state index contributed by atoms with van der Waals surface area (Å²) >= 11 is 6.99. The number of carbonyl (C=O) groups is 1. The highest BCUT2D eigenvalue weighted by molar-refractivity contribution is 7.99. The molecule has 0 aliphatic carbocycles. The lowest BCUT2D eigenvalue weighted by Gasteiger charge is -2.29. The zero-order valence-electron chi connectivity index (χ0n) is 15.4. The van der Waals surface area contributed by atoms with Gasteiger partial charge in [-0.25, -0.2) is 14.4 Å². The Morgan fingerprint density at radius 1 is 1.21 bits per heavy atom. The molecule has 0 radical (unpaired) electrons. The number of nitrogens with one attached hydrogen (secondary N) is 1. The predicted molar refractivity (Wildman–Crippen MR) is 114 cm³/mol. The summed E-state index contributed by atoms with van der Waals surface area (Å²) in [5.41, 5.74) is 3.14. The maximum atomic E-state index is 13.2. The summed E-state index contributed by atoms with van der Waals surface area (Å²) in [6.07, 6.45) is 2.69. The van der Waals surface area contributed by atoms with E-state index in [-0.39, 0.29) is 16.7 Å². The van der Waals surface area contributed by atoms with Gasteiger partial charge in [0.05, 0.1) is 10.8 Å². The first-order chi connectivity index (χ1) is 14.1. The van der Waals surface area contributed by atoms with Crippen molar-refractivity contribution in [3.05, 3.63) is 76.7 Å². The Morgan fingerprint density at radius 2 is 2.03 bits per heavy atom. The molecule has 1 aliphatic rings. The lowest BCUT2D eigenvalue weighted by atomic mass is 10.00. The lowest BCUT2D eigenvalue weighted by Crippen LogP contribution is -2.31. The fraction of sp³-hybridized carbons (Fsp3) is 0.190. The largest absolute Gasteiger partial charge is 0.352 e. The summed E-state index contributed by atoms with van der Waals surface area (Å²) in [6, 6.07) is 14.4. The SMILES string of the molecule is O=C(CSc1nccc(N2CCc3ccccc3C2)n1)Nc1ccc(F)c(Cl)c1. The Kier molecular flexibility index (Phi) is 5.97. The Labute approximate surface area is 177 Å². The van der Waals surface area contributed by atoms with E-state index in [1.54, 1.807) is 6.20 Å². The molecule has 5 nitrogen and oxygen atoms in total. The van der Waals surface area contributed by atoms with Crippen LogP contribution in [-0.2, 0) is 17.8 Å². The molecule has 0 saturated carbocycles. The molecule has 2 aromatic carbocycles. The number of fused-ring (bicyclic) bond motifs is 1. The van der Waals surface area contributed by atoms with E-state index in [0.29, 0.717) is 10.8 Å². The fourth-order valence-electron chi connectivity index (χ4n) is 3.17. The highest BCUT2D eigenvalue weighted by atomic mass is 35.5. The van der Waals surface area contributed by atoms with Crippen molar-refractivity contribution in [2.75, 3.05) is 22.5 Å². The summed E-state index contributed by atoms with van der Waals surface area (Å²) in [5, 5.41) is 3.20. The number of nitrogens with zero attached hydrogens (tertiary/aromatic N) is 3. The normalized spacial score (nSPS) is 13.1. The average Bonchev–Trinajstić information content (AvgIpc) is 2.75. The van der Waals surface area contributed by atoms with E-state index in [1.165, 1.54) is 41.1 Å². The summed E-state index contributed by atoms with van der Waals surface area (Å²) in [7, 11) is 0. The minimum atomic E-state index is -0.524. The maximum Gasteiger partial charge on any atom is 0.234 e. The third kappa shape index (κ3) is 4.86. The van der Waals surface area contributed by atoms with Crippen LogP contribution in [0.4, 0.5) is 15.9 Å². The quantitative estimate of drug-likeness (QED) is 0.476. The van der Waals surface area contributed by atoms with Gasteiger partial charge < -0.3 is 10.2 Å². The van der Waals surface area contributed by atoms with E-state index in [2.05, 4.69) is 44.5 Å². The summed E-state index contributed by atoms with van der Waals surface area (Å²) in [5.74, 6) is 0.229. The van der Waals surface area contributed by atoms with Crippen LogP contribution >= 0.6 is 23.4 Å². The van der Waals surface area contributed by atoms with Gasteiger partial charge in [0.15, 0.2) is 5.16 Å². The van der Waals surface area contributed by atoms with Gasteiger partial charge in [-0.05, 0) is 41.8 Å². The van der Waals surface area contributed by atoms with Gasteiger partial charge in [-0.2, -0.15) is 0 Å². The van der Waals surface area contributed by atoms with E-state index >= 15 is 0 Å². The van der Waals surface area contributed by atoms with E-state index in [9.17, 15) is 9.18 Å². The van der Waals surface area contributed by atoms with E-state index in [4.69, 9.17) is 11.6 Å². The van der Waals surface area contributed by atoms with Crippen LogP contribution in [0.2, 0.25) is 5.02 Å². The van der Waals surface area contributed by atoms with Crippen molar-refractivity contribution < 1.29 is 9.18 Å². The molecule has 0 atom stereocenters. The van der Waals surface area contributed by atoms with Gasteiger partial charge in [-0.1, -0.05) is 47.6 Å². The van der Waals surface area contributed by atoms with Crippen LogP contribution in [0.1, 0.15) is 11.1 Å². The molecule has 1 aromatic heterocycles. The molecule has 8 heteroatoms. The monoisotopic (exact) mass is 428 g/mol. The molecule has 0 saturated heterocycles. The Hall–Kier alpha value is -2.64. The number of thioether (sulfide) groups is 1. The molecule has 1 N–H and O–H groups in total. The zero-order valence-corrected chi connectivity index (χ0v) is 17.0. The first-order valence-corrected chi connectivity index (χ1v) is 10.5. The fourth-order valence-corrected chi connectivity index (χ4v) is 3.98. The number of aromatic nitrogens is 2. The number of anilines is 2. The molecular weight excluding hydrogens is 411 g/mol. The van der Waals surface area contributed by atoms with Gasteiger partial charge in [0.2, 0.25) is 5.91 Å². The number of amides is 1. The predicted octanol–water partition coefficient (Wildman–Crippen LogP) is 4.56. The highest BCUT2D eigenvalue weighted by Crippen LogP contribution is 2.25. The molecule has 0 bridgehead atoms. The molecule has 0 fully saturated rings. The third-order valence-corrected chi connectivity index (χ3v) is 5.76. The molecule has 148 valence electrons. The molecular formula is C21H18ClFN4OS. The van der Waals surface area contributed by atoms with Crippen LogP contribution in [0.3, 0.4) is 0 Å². The van der Waals surface area contributed by atoms with Gasteiger partial charge in [-0.3, -0.25) is 4.79 Å². The van der Waals surface area contributed by atoms with Crippen molar-refractivity contribution in [3.8, 4) is 0 Å². The first-order valence-electron chi connectivity index (χ1n) is 9.11. The summed E-state index contributed by atoms with van der Waals surface area (Å²) in [6.45, 7) is 1.70. The maximum absolute atomic E-state index is 13.2. The standard InChI is InChI=1S/C21H18ClFN4OS/c22-17-11-16(5-6-18(17)23)25-20(28)13-29-21-24-9-7-19(26-21)27-10-8-14-3-1-2-4-15(14)12-27/h1-7,9,11H,8,10,12-13H2,(H,25,28). The Morgan fingerprint density at radius 3 is 2.86 bits per heavy atom. The summed E-state index contributed by atoms with van der Waals surface area (Å²) < 4.78 is 13.2. The molecule has 1 amide bonds. The second-order valence-electron chi connectivity index (χ2n) is 6.60. The molecule has 2 heterocycles. The van der Waals surface area contributed by atoms with Crippen molar-refractivity contribution >= 4 is 40.8 Å². The highest BCUT2D eigenvalue weighted by Gasteiger charge is 2.17. The first kappa shape index (κ1) is 19.7. The molecule has 4 rings (SSSR count). The topological polar surface area (TPSA) is 58.1 Å². The van der Waals surface area contributed by atoms with Gasteiger partial charge in [0.1, 0.15) is 11.6 Å². The van der Waals surface area contributed by atoms with Gasteiger partial charge >= 0.3 is 0 Å². The minimum Gasteiger partial charge on any atom is -0.352 e. The average molecular weight is 429 g/mol. The van der Waals surface area contributed by atoms with Crippen molar-refractivity contribution in [1.82, 2.24) is 9.97 Å². The molecule has 3 aromatic rings. The third-order valence-electron chi connectivity index (χ3n) is 4.61. The summed E-state index contributed by atoms with van der Waals surface area (Å²) in [4.78, 5) is 23.2. The van der Waals surface area contributed by atoms with Crippen molar-refractivity contribution in [1.29, 1.82) is 0 Å². The number of hydrogen-bond donors (Lipinski definition) is 1. The van der Waals surface area contributed by atoms with E-state index in [1.807, 2.05) is 6.07 Å². The number of benzene rings is 2. The molecule has 0 spiro atoms. The van der Waals surface area contributed by atoms with Gasteiger partial charge in [0, 0.05) is 25.0 Å². The van der Waals surface area contributed by atoms with Crippen LogP contribution in [0.5, 0.6) is 0 Å². The van der Waals surface area contributed by atoms with Crippen molar-refractivity contribution in [2.45, 2.75) is 18.1 Å². The number of carbonyl (C=O) groups excluding carboxylic acids is 1. The second kappa shape index (κ2) is 8.80. The second-order valence-corrected chi connectivity index (χ2v) is 7.95. The smallest absolute Gasteiger partial charge is 0.234 e. The van der Waals surface area contributed by atoms with Gasteiger partial charge in [0.25, 0.3) is 0 Å². The van der Waals surface area contributed by atoms with Crippen LogP contribution in [0.25, 0.3) is 0 Å². The van der Waals surface area contributed by atoms with Crippen LogP contribution < -0.4 is 10.2 Å². The van der Waals surface area contributed by atoms with Gasteiger partial charge in [-0.15, -0.1) is 0 Å². The zero-order chi connectivity index (χ0) is 20.2. The number of halogens is 2. The van der Waals surface area contributed by atoms with Crippen molar-refractivity contribution in [2.24, 2.45) is 0 Å².